The van der Waals surface area contributed by atoms with Crippen molar-refractivity contribution in [3.63, 3.8) is 0 Å². The van der Waals surface area contributed by atoms with Crippen molar-refractivity contribution in [1.82, 2.24) is 5.32 Å². The molecule has 0 bridgehead atoms. The van der Waals surface area contributed by atoms with Gasteiger partial charge in [-0.15, -0.1) is 0 Å². The molecule has 0 aromatic heterocycles. The number of hydrogen-bond donors (Lipinski definition) is 2. The van der Waals surface area contributed by atoms with Gasteiger partial charge in [-0.3, -0.25) is 4.79 Å². The standard InChI is InChI=1S/C14H30N2O/c1-6-8-12(9-7-2)13(17)16-14(5,10-15)11(3)4/h11-12H,6-10,15H2,1-5H3,(H,16,17). The van der Waals surface area contributed by atoms with E-state index in [2.05, 4.69) is 33.0 Å². The van der Waals surface area contributed by atoms with Crippen molar-refractivity contribution in [2.45, 2.75) is 65.8 Å². The molecule has 1 atom stereocenters. The molecule has 1 amide bonds. The van der Waals surface area contributed by atoms with E-state index in [0.29, 0.717) is 12.5 Å². The zero-order valence-electron chi connectivity index (χ0n) is 12.2. The van der Waals surface area contributed by atoms with Crippen LogP contribution in [0.5, 0.6) is 0 Å². The first-order valence-electron chi connectivity index (χ1n) is 6.93. The molecule has 0 heterocycles. The molecule has 3 nitrogen and oxygen atoms in total. The molecule has 0 fully saturated rings. The minimum atomic E-state index is -0.281. The molecule has 0 spiro atoms. The number of carbonyl (C=O) groups excluding carboxylic acids is 1. The Balaban J connectivity index is 4.56. The molecule has 0 aliphatic rings. The van der Waals surface area contributed by atoms with Gasteiger partial charge in [0.15, 0.2) is 0 Å². The maximum Gasteiger partial charge on any atom is 0.223 e. The number of nitrogens with two attached hydrogens (primary N) is 1. The van der Waals surface area contributed by atoms with Crippen LogP contribution in [0.4, 0.5) is 0 Å². The molecular weight excluding hydrogens is 212 g/mol. The average molecular weight is 242 g/mol. The maximum absolute atomic E-state index is 12.2. The monoisotopic (exact) mass is 242 g/mol. The van der Waals surface area contributed by atoms with Crippen LogP contribution in [-0.2, 0) is 4.79 Å². The summed E-state index contributed by atoms with van der Waals surface area (Å²) in [5.41, 5.74) is 5.51. The van der Waals surface area contributed by atoms with Gasteiger partial charge >= 0.3 is 0 Å². The normalized spacial score (nSPS) is 15.1. The number of carbonyl (C=O) groups is 1. The first-order chi connectivity index (χ1) is 7.91. The van der Waals surface area contributed by atoms with E-state index in [9.17, 15) is 4.79 Å². The van der Waals surface area contributed by atoms with Gasteiger partial charge in [-0.25, -0.2) is 0 Å². The van der Waals surface area contributed by atoms with Crippen molar-refractivity contribution in [3.05, 3.63) is 0 Å². The van der Waals surface area contributed by atoms with E-state index in [-0.39, 0.29) is 17.4 Å². The zero-order valence-corrected chi connectivity index (χ0v) is 12.2. The molecule has 0 radical (unpaired) electrons. The molecule has 0 aromatic carbocycles. The van der Waals surface area contributed by atoms with Crippen LogP contribution in [0.1, 0.15) is 60.3 Å². The Labute approximate surface area is 107 Å². The van der Waals surface area contributed by atoms with E-state index < -0.39 is 0 Å². The molecule has 3 heteroatoms. The third kappa shape index (κ3) is 5.07. The van der Waals surface area contributed by atoms with Crippen LogP contribution >= 0.6 is 0 Å². The summed E-state index contributed by atoms with van der Waals surface area (Å²) < 4.78 is 0. The van der Waals surface area contributed by atoms with Gasteiger partial charge in [-0.2, -0.15) is 0 Å². The molecule has 0 saturated carbocycles. The van der Waals surface area contributed by atoms with E-state index >= 15 is 0 Å². The van der Waals surface area contributed by atoms with Gasteiger partial charge in [0.1, 0.15) is 0 Å². The molecule has 3 N–H and O–H groups in total. The molecule has 0 aliphatic heterocycles. The molecule has 0 aromatic rings. The highest BCUT2D eigenvalue weighted by atomic mass is 16.2. The number of rotatable bonds is 8. The fourth-order valence-electron chi connectivity index (χ4n) is 1.92. The zero-order chi connectivity index (χ0) is 13.5. The third-order valence-electron chi connectivity index (χ3n) is 3.75. The predicted octanol–water partition coefficient (Wildman–Crippen LogP) is 2.69. The lowest BCUT2D eigenvalue weighted by Crippen LogP contribution is -2.56. The Morgan fingerprint density at radius 1 is 1.24 bits per heavy atom. The van der Waals surface area contributed by atoms with Crippen LogP contribution in [0.3, 0.4) is 0 Å². The summed E-state index contributed by atoms with van der Waals surface area (Å²) in [5.74, 6) is 0.672. The molecule has 102 valence electrons. The largest absolute Gasteiger partial charge is 0.349 e. The molecular formula is C14H30N2O. The van der Waals surface area contributed by atoms with Gasteiger partial charge in [0, 0.05) is 12.5 Å². The fraction of sp³-hybridized carbons (Fsp3) is 0.929. The van der Waals surface area contributed by atoms with Crippen molar-refractivity contribution in [3.8, 4) is 0 Å². The molecule has 0 rings (SSSR count). The van der Waals surface area contributed by atoms with Gasteiger partial charge < -0.3 is 11.1 Å². The van der Waals surface area contributed by atoms with Gasteiger partial charge in [-0.05, 0) is 25.7 Å². The lowest BCUT2D eigenvalue weighted by atomic mass is 9.87. The lowest BCUT2D eigenvalue weighted by molar-refractivity contribution is -0.127. The van der Waals surface area contributed by atoms with Crippen LogP contribution in [0.15, 0.2) is 0 Å². The highest BCUT2D eigenvalue weighted by Gasteiger charge is 2.30. The minimum Gasteiger partial charge on any atom is -0.349 e. The second kappa shape index (κ2) is 7.70. The van der Waals surface area contributed by atoms with Gasteiger partial charge in [0.05, 0.1) is 5.54 Å². The van der Waals surface area contributed by atoms with E-state index in [1.54, 1.807) is 0 Å². The smallest absolute Gasteiger partial charge is 0.223 e. The van der Waals surface area contributed by atoms with Crippen LogP contribution in [-0.4, -0.2) is 18.0 Å². The Bertz CT molecular complexity index is 222. The number of nitrogens with one attached hydrogen (secondary N) is 1. The highest BCUT2D eigenvalue weighted by Crippen LogP contribution is 2.19. The maximum atomic E-state index is 12.2. The van der Waals surface area contributed by atoms with Crippen LogP contribution in [0, 0.1) is 11.8 Å². The summed E-state index contributed by atoms with van der Waals surface area (Å²) in [6.45, 7) is 11.0. The van der Waals surface area contributed by atoms with E-state index in [1.165, 1.54) is 0 Å². The van der Waals surface area contributed by atoms with Crippen molar-refractivity contribution >= 4 is 5.91 Å². The summed E-state index contributed by atoms with van der Waals surface area (Å²) in [5, 5.41) is 3.15. The number of hydrogen-bond acceptors (Lipinski definition) is 2. The number of amides is 1. The summed E-state index contributed by atoms with van der Waals surface area (Å²) >= 11 is 0. The Morgan fingerprint density at radius 2 is 1.71 bits per heavy atom. The second-order valence-corrected chi connectivity index (χ2v) is 5.54. The Morgan fingerprint density at radius 3 is 2.00 bits per heavy atom. The highest BCUT2D eigenvalue weighted by molar-refractivity contribution is 5.79. The topological polar surface area (TPSA) is 55.1 Å². The van der Waals surface area contributed by atoms with Crippen molar-refractivity contribution in [1.29, 1.82) is 0 Å². The van der Waals surface area contributed by atoms with Gasteiger partial charge in [-0.1, -0.05) is 40.5 Å². The Hall–Kier alpha value is -0.570. The van der Waals surface area contributed by atoms with Gasteiger partial charge in [0.25, 0.3) is 0 Å². The first kappa shape index (κ1) is 16.4. The van der Waals surface area contributed by atoms with E-state index in [0.717, 1.165) is 25.7 Å². The summed E-state index contributed by atoms with van der Waals surface area (Å²) in [6, 6.07) is 0. The molecule has 17 heavy (non-hydrogen) atoms. The van der Waals surface area contributed by atoms with Crippen LogP contribution in [0.2, 0.25) is 0 Å². The Kier molecular flexibility index (Phi) is 7.44. The van der Waals surface area contributed by atoms with Crippen LogP contribution < -0.4 is 11.1 Å². The third-order valence-corrected chi connectivity index (χ3v) is 3.75. The fourth-order valence-corrected chi connectivity index (χ4v) is 1.92. The second-order valence-electron chi connectivity index (χ2n) is 5.54. The summed E-state index contributed by atoms with van der Waals surface area (Å²) in [7, 11) is 0. The lowest BCUT2D eigenvalue weighted by Gasteiger charge is -2.35. The molecule has 1 unspecified atom stereocenters. The first-order valence-corrected chi connectivity index (χ1v) is 6.93. The molecule has 0 saturated heterocycles. The summed E-state index contributed by atoms with van der Waals surface area (Å²) in [4.78, 5) is 12.2. The van der Waals surface area contributed by atoms with Crippen molar-refractivity contribution in [2.75, 3.05) is 6.54 Å². The molecule has 0 aliphatic carbocycles. The SMILES string of the molecule is CCCC(CCC)C(=O)NC(C)(CN)C(C)C. The van der Waals surface area contributed by atoms with Crippen molar-refractivity contribution in [2.24, 2.45) is 17.6 Å². The van der Waals surface area contributed by atoms with Crippen molar-refractivity contribution < 1.29 is 4.79 Å². The average Bonchev–Trinajstić information content (AvgIpc) is 2.28. The van der Waals surface area contributed by atoms with Crippen LogP contribution in [0.25, 0.3) is 0 Å². The summed E-state index contributed by atoms with van der Waals surface area (Å²) in [6.07, 6.45) is 4.05. The quantitative estimate of drug-likeness (QED) is 0.687. The van der Waals surface area contributed by atoms with E-state index in [4.69, 9.17) is 5.73 Å². The minimum absolute atomic E-state index is 0.148. The van der Waals surface area contributed by atoms with Gasteiger partial charge in [0.2, 0.25) is 5.91 Å². The van der Waals surface area contributed by atoms with E-state index in [1.807, 2.05) is 6.92 Å². The predicted molar refractivity (Wildman–Crippen MR) is 73.7 cm³/mol.